The Balaban J connectivity index is 2.42. The lowest BCUT2D eigenvalue weighted by atomic mass is 10.1. The molecule has 0 saturated carbocycles. The molecule has 0 aromatic carbocycles. The second kappa shape index (κ2) is 5.72. The third-order valence-corrected chi connectivity index (χ3v) is 1.84. The van der Waals surface area contributed by atoms with Crippen LogP contribution in [-0.4, -0.2) is 30.5 Å². The van der Waals surface area contributed by atoms with Gasteiger partial charge in [0.15, 0.2) is 0 Å². The molecule has 1 heterocycles. The predicted molar refractivity (Wildman–Crippen MR) is 51.8 cm³/mol. The molecule has 1 unspecified atom stereocenters. The zero-order valence-corrected chi connectivity index (χ0v) is 8.69. The number of nitrogens with two attached hydrogens (primary N) is 1. The highest BCUT2D eigenvalue weighted by molar-refractivity contribution is 4.83. The van der Waals surface area contributed by atoms with E-state index in [0.717, 1.165) is 6.42 Å². The molecular formula is C9H17N3O2. The lowest BCUT2D eigenvalue weighted by Crippen LogP contribution is -2.07. The molecule has 5 heteroatoms. The molecule has 0 aliphatic heterocycles. The molecule has 5 nitrogen and oxygen atoms in total. The summed E-state index contributed by atoms with van der Waals surface area (Å²) in [7, 11) is 1.68. The van der Waals surface area contributed by atoms with Crippen LogP contribution in [0.25, 0.3) is 0 Å². The van der Waals surface area contributed by atoms with Gasteiger partial charge in [-0.1, -0.05) is 6.92 Å². The van der Waals surface area contributed by atoms with Crippen LogP contribution < -0.4 is 5.73 Å². The van der Waals surface area contributed by atoms with E-state index in [1.54, 1.807) is 7.11 Å². The summed E-state index contributed by atoms with van der Waals surface area (Å²) in [5.41, 5.74) is 5.37. The van der Waals surface area contributed by atoms with Gasteiger partial charge in [-0.15, -0.1) is 10.2 Å². The molecule has 80 valence electrons. The van der Waals surface area contributed by atoms with Crippen molar-refractivity contribution < 1.29 is 9.15 Å². The van der Waals surface area contributed by atoms with Gasteiger partial charge >= 0.3 is 0 Å². The second-order valence-electron chi connectivity index (χ2n) is 3.39. The fraction of sp³-hybridized carbons (Fsp3) is 0.778. The van der Waals surface area contributed by atoms with E-state index in [1.165, 1.54) is 0 Å². The summed E-state index contributed by atoms with van der Waals surface area (Å²) in [6.07, 6.45) is 1.40. The van der Waals surface area contributed by atoms with Gasteiger partial charge in [-0.3, -0.25) is 0 Å². The maximum atomic E-state index is 5.38. The number of ether oxygens (including phenoxy) is 1. The summed E-state index contributed by atoms with van der Waals surface area (Å²) >= 11 is 0. The van der Waals surface area contributed by atoms with Gasteiger partial charge < -0.3 is 14.9 Å². The maximum Gasteiger partial charge on any atom is 0.217 e. The fourth-order valence-corrected chi connectivity index (χ4v) is 1.24. The highest BCUT2D eigenvalue weighted by Crippen LogP contribution is 2.07. The van der Waals surface area contributed by atoms with Gasteiger partial charge in [0, 0.05) is 33.1 Å². The van der Waals surface area contributed by atoms with Crippen molar-refractivity contribution in [3.63, 3.8) is 0 Å². The molecule has 1 aromatic rings. The molecular weight excluding hydrogens is 182 g/mol. The van der Waals surface area contributed by atoms with Gasteiger partial charge in [0.2, 0.25) is 11.8 Å². The van der Waals surface area contributed by atoms with Crippen LogP contribution in [0.1, 0.15) is 18.7 Å². The SMILES string of the molecule is COCC(C)Cc1nnc(CCN)o1. The van der Waals surface area contributed by atoms with Crippen molar-refractivity contribution in [1.82, 2.24) is 10.2 Å². The molecule has 2 N–H and O–H groups in total. The van der Waals surface area contributed by atoms with Crippen molar-refractivity contribution in [2.45, 2.75) is 19.8 Å². The predicted octanol–water partition coefficient (Wildman–Crippen LogP) is 0.396. The van der Waals surface area contributed by atoms with Crippen LogP contribution in [0.2, 0.25) is 0 Å². The Bertz CT molecular complexity index is 262. The zero-order chi connectivity index (χ0) is 10.4. The second-order valence-corrected chi connectivity index (χ2v) is 3.39. The van der Waals surface area contributed by atoms with E-state index >= 15 is 0 Å². The normalized spacial score (nSPS) is 13.1. The maximum absolute atomic E-state index is 5.38. The third-order valence-electron chi connectivity index (χ3n) is 1.84. The van der Waals surface area contributed by atoms with E-state index in [9.17, 15) is 0 Å². The van der Waals surface area contributed by atoms with Gasteiger partial charge in [0.05, 0.1) is 0 Å². The van der Waals surface area contributed by atoms with Gasteiger partial charge in [-0.05, 0) is 5.92 Å². The van der Waals surface area contributed by atoms with E-state index in [0.29, 0.717) is 37.3 Å². The summed E-state index contributed by atoms with van der Waals surface area (Å²) in [5, 5.41) is 7.81. The number of hydrogen-bond acceptors (Lipinski definition) is 5. The minimum atomic E-state index is 0.395. The summed E-state index contributed by atoms with van der Waals surface area (Å²) < 4.78 is 10.4. The summed E-state index contributed by atoms with van der Waals surface area (Å²) in [6, 6.07) is 0. The molecule has 1 atom stereocenters. The summed E-state index contributed by atoms with van der Waals surface area (Å²) in [5.74, 6) is 1.68. The minimum Gasteiger partial charge on any atom is -0.425 e. The molecule has 0 radical (unpaired) electrons. The first-order valence-electron chi connectivity index (χ1n) is 4.76. The average Bonchev–Trinajstić information content (AvgIpc) is 2.53. The Morgan fingerprint density at radius 1 is 1.43 bits per heavy atom. The molecule has 1 aromatic heterocycles. The summed E-state index contributed by atoms with van der Waals surface area (Å²) in [6.45, 7) is 3.32. The molecule has 0 amide bonds. The zero-order valence-electron chi connectivity index (χ0n) is 8.69. The van der Waals surface area contributed by atoms with Crippen molar-refractivity contribution in [3.05, 3.63) is 11.8 Å². The molecule has 14 heavy (non-hydrogen) atoms. The highest BCUT2D eigenvalue weighted by atomic mass is 16.5. The topological polar surface area (TPSA) is 74.2 Å². The average molecular weight is 199 g/mol. The van der Waals surface area contributed by atoms with Crippen LogP contribution >= 0.6 is 0 Å². The van der Waals surface area contributed by atoms with Crippen molar-refractivity contribution in [3.8, 4) is 0 Å². The minimum absolute atomic E-state index is 0.395. The standard InChI is InChI=1S/C9H17N3O2/c1-7(6-13-2)5-9-12-11-8(14-9)3-4-10/h7H,3-6,10H2,1-2H3. The number of aromatic nitrogens is 2. The fourth-order valence-electron chi connectivity index (χ4n) is 1.24. The Morgan fingerprint density at radius 2 is 2.14 bits per heavy atom. The third kappa shape index (κ3) is 3.43. The molecule has 0 bridgehead atoms. The Kier molecular flexibility index (Phi) is 4.55. The van der Waals surface area contributed by atoms with Crippen molar-refractivity contribution in [2.75, 3.05) is 20.3 Å². The summed E-state index contributed by atoms with van der Waals surface area (Å²) in [4.78, 5) is 0. The van der Waals surface area contributed by atoms with E-state index < -0.39 is 0 Å². The largest absolute Gasteiger partial charge is 0.425 e. The van der Waals surface area contributed by atoms with E-state index in [4.69, 9.17) is 14.9 Å². The highest BCUT2D eigenvalue weighted by Gasteiger charge is 2.09. The Hall–Kier alpha value is -0.940. The molecule has 0 spiro atoms. The first-order chi connectivity index (χ1) is 6.76. The number of hydrogen-bond donors (Lipinski definition) is 1. The van der Waals surface area contributed by atoms with Crippen LogP contribution in [-0.2, 0) is 17.6 Å². The van der Waals surface area contributed by atoms with Crippen molar-refractivity contribution in [1.29, 1.82) is 0 Å². The molecule has 1 rings (SSSR count). The number of rotatable bonds is 6. The van der Waals surface area contributed by atoms with E-state index in [-0.39, 0.29) is 0 Å². The van der Waals surface area contributed by atoms with Crippen molar-refractivity contribution in [2.24, 2.45) is 11.7 Å². The molecule has 0 aliphatic rings. The van der Waals surface area contributed by atoms with Crippen LogP contribution in [0.4, 0.5) is 0 Å². The van der Waals surface area contributed by atoms with Crippen molar-refractivity contribution >= 4 is 0 Å². The van der Waals surface area contributed by atoms with Crippen LogP contribution in [0.3, 0.4) is 0 Å². The van der Waals surface area contributed by atoms with E-state index in [1.807, 2.05) is 0 Å². The Morgan fingerprint density at radius 3 is 2.79 bits per heavy atom. The number of methoxy groups -OCH3 is 1. The quantitative estimate of drug-likeness (QED) is 0.717. The van der Waals surface area contributed by atoms with Gasteiger partial charge in [0.1, 0.15) is 0 Å². The van der Waals surface area contributed by atoms with Gasteiger partial charge in [0.25, 0.3) is 0 Å². The smallest absolute Gasteiger partial charge is 0.217 e. The molecule has 0 fully saturated rings. The van der Waals surface area contributed by atoms with E-state index in [2.05, 4.69) is 17.1 Å². The van der Waals surface area contributed by atoms with Gasteiger partial charge in [-0.25, -0.2) is 0 Å². The monoisotopic (exact) mass is 199 g/mol. The van der Waals surface area contributed by atoms with Crippen LogP contribution in [0.15, 0.2) is 4.42 Å². The first-order valence-corrected chi connectivity index (χ1v) is 4.76. The number of nitrogens with zero attached hydrogens (tertiary/aromatic N) is 2. The lowest BCUT2D eigenvalue weighted by Gasteiger charge is -2.05. The Labute approximate surface area is 83.6 Å². The van der Waals surface area contributed by atoms with Gasteiger partial charge in [-0.2, -0.15) is 0 Å². The van der Waals surface area contributed by atoms with Crippen LogP contribution in [0.5, 0.6) is 0 Å². The lowest BCUT2D eigenvalue weighted by molar-refractivity contribution is 0.156. The van der Waals surface area contributed by atoms with Crippen LogP contribution in [0, 0.1) is 5.92 Å². The molecule has 0 saturated heterocycles. The molecule has 0 aliphatic carbocycles. The first kappa shape index (κ1) is 11.1.